The molecule has 0 spiro atoms. The van der Waals surface area contributed by atoms with Crippen molar-refractivity contribution in [3.63, 3.8) is 0 Å². The molecule has 10 heteroatoms. The smallest absolute Gasteiger partial charge is 0.325 e. The molecule has 4 unspecified atom stereocenters. The van der Waals surface area contributed by atoms with Gasteiger partial charge in [0.2, 0.25) is 11.8 Å². The van der Waals surface area contributed by atoms with Crippen molar-refractivity contribution >= 4 is 23.8 Å². The molecule has 2 fully saturated rings. The fourth-order valence-corrected chi connectivity index (χ4v) is 4.92. The molecule has 0 aliphatic carbocycles. The molecule has 33 heavy (non-hydrogen) atoms. The molecule has 2 saturated heterocycles. The molecular weight excluding hydrogens is 430 g/mol. The van der Waals surface area contributed by atoms with Crippen LogP contribution in [0.3, 0.4) is 0 Å². The van der Waals surface area contributed by atoms with Crippen LogP contribution < -0.4 is 10.1 Å². The molecule has 3 N–H and O–H groups in total. The summed E-state index contributed by atoms with van der Waals surface area (Å²) in [5.74, 6) is -6.20. The molecule has 2 aromatic rings. The maximum absolute atomic E-state index is 13.5. The molecular formula is C23H23N3O7. The summed E-state index contributed by atoms with van der Waals surface area (Å²) >= 11 is 0. The van der Waals surface area contributed by atoms with Gasteiger partial charge in [-0.15, -0.1) is 0 Å². The third-order valence-electron chi connectivity index (χ3n) is 6.35. The number of aromatic nitrogens is 1. The average Bonchev–Trinajstić information content (AvgIpc) is 3.27. The molecule has 3 heterocycles. The molecule has 0 radical (unpaired) electrons. The van der Waals surface area contributed by atoms with Crippen LogP contribution in [0.5, 0.6) is 5.75 Å². The highest BCUT2D eigenvalue weighted by molar-refractivity contribution is 6.10. The number of fused-ring (bicyclic) bond motifs is 1. The summed E-state index contributed by atoms with van der Waals surface area (Å²) in [6.45, 7) is 0.0170. The molecule has 10 nitrogen and oxygen atoms in total. The van der Waals surface area contributed by atoms with E-state index in [4.69, 9.17) is 4.74 Å². The van der Waals surface area contributed by atoms with E-state index in [1.54, 1.807) is 48.7 Å². The summed E-state index contributed by atoms with van der Waals surface area (Å²) in [6, 6.07) is 11.1. The number of imide groups is 1. The molecule has 2 amide bonds. The number of carbonyl (C=O) groups excluding carboxylic acids is 2. The van der Waals surface area contributed by atoms with Crippen LogP contribution in [0.4, 0.5) is 0 Å². The quantitative estimate of drug-likeness (QED) is 0.496. The Morgan fingerprint density at radius 1 is 1.12 bits per heavy atom. The number of pyridine rings is 1. The number of para-hydroxylation sites is 1. The second kappa shape index (κ2) is 8.62. The first-order valence-corrected chi connectivity index (χ1v) is 10.4. The van der Waals surface area contributed by atoms with Gasteiger partial charge in [-0.3, -0.25) is 34.4 Å². The van der Waals surface area contributed by atoms with Crippen LogP contribution in [0, 0.1) is 11.8 Å². The van der Waals surface area contributed by atoms with Gasteiger partial charge in [0.15, 0.2) is 0 Å². The van der Waals surface area contributed by atoms with Crippen molar-refractivity contribution in [1.82, 2.24) is 15.2 Å². The third-order valence-corrected chi connectivity index (χ3v) is 6.35. The van der Waals surface area contributed by atoms with E-state index in [1.165, 1.54) is 7.11 Å². The average molecular weight is 453 g/mol. The van der Waals surface area contributed by atoms with Gasteiger partial charge in [0.25, 0.3) is 0 Å². The summed E-state index contributed by atoms with van der Waals surface area (Å²) in [5.41, 5.74) is -0.991. The standard InChI is InChI=1S/C23H23N3O7/c1-33-15-8-3-2-7-14(15)19-17-18(23(25-19,22(31)32)12-16(27)28)21(30)26(20(17)29)11-9-13-6-4-5-10-24-13/h2-8,10,17-19,25H,9,11-12H2,1H3,(H,27,28)(H,31,32). The van der Waals surface area contributed by atoms with Crippen LogP contribution in [0.15, 0.2) is 48.7 Å². The number of hydrogen-bond donors (Lipinski definition) is 3. The number of nitrogens with zero attached hydrogens (tertiary/aromatic N) is 2. The van der Waals surface area contributed by atoms with E-state index in [1.807, 2.05) is 0 Å². The first kappa shape index (κ1) is 22.4. The normalized spacial score (nSPS) is 26.3. The summed E-state index contributed by atoms with van der Waals surface area (Å²) in [6.07, 6.45) is 1.04. The number of rotatable bonds is 8. The number of nitrogens with one attached hydrogen (secondary N) is 1. The summed E-state index contributed by atoms with van der Waals surface area (Å²) in [7, 11) is 1.44. The summed E-state index contributed by atoms with van der Waals surface area (Å²) < 4.78 is 5.39. The molecule has 1 aromatic heterocycles. The molecule has 2 aliphatic heterocycles. The van der Waals surface area contributed by atoms with Gasteiger partial charge in [0, 0.05) is 36.5 Å². The summed E-state index contributed by atoms with van der Waals surface area (Å²) in [5, 5.41) is 22.4. The third kappa shape index (κ3) is 3.72. The van der Waals surface area contributed by atoms with Crippen LogP contribution in [0.1, 0.15) is 23.7 Å². The topological polar surface area (TPSA) is 146 Å². The van der Waals surface area contributed by atoms with Gasteiger partial charge in [-0.05, 0) is 18.2 Å². The van der Waals surface area contributed by atoms with E-state index < -0.39 is 53.6 Å². The van der Waals surface area contributed by atoms with E-state index in [9.17, 15) is 29.4 Å². The number of hydrogen-bond acceptors (Lipinski definition) is 7. The minimum Gasteiger partial charge on any atom is -0.496 e. The first-order valence-electron chi connectivity index (χ1n) is 10.4. The van der Waals surface area contributed by atoms with Crippen LogP contribution in [0.2, 0.25) is 0 Å². The van der Waals surface area contributed by atoms with Crippen molar-refractivity contribution in [2.24, 2.45) is 11.8 Å². The van der Waals surface area contributed by atoms with Crippen molar-refractivity contribution in [3.8, 4) is 5.75 Å². The highest BCUT2D eigenvalue weighted by atomic mass is 16.5. The molecule has 4 atom stereocenters. The number of benzene rings is 1. The van der Waals surface area contributed by atoms with Gasteiger partial charge in [-0.25, -0.2) is 0 Å². The van der Waals surface area contributed by atoms with E-state index in [2.05, 4.69) is 10.3 Å². The lowest BCUT2D eigenvalue weighted by atomic mass is 9.77. The maximum atomic E-state index is 13.5. The number of carboxylic acid groups (broad SMARTS) is 2. The second-order valence-electron chi connectivity index (χ2n) is 8.11. The minimum absolute atomic E-state index is 0.0170. The fourth-order valence-electron chi connectivity index (χ4n) is 4.92. The van der Waals surface area contributed by atoms with Crippen LogP contribution in [-0.2, 0) is 25.6 Å². The van der Waals surface area contributed by atoms with Gasteiger partial charge in [0.1, 0.15) is 11.3 Å². The first-order chi connectivity index (χ1) is 15.8. The van der Waals surface area contributed by atoms with Crippen molar-refractivity contribution in [1.29, 1.82) is 0 Å². The van der Waals surface area contributed by atoms with Gasteiger partial charge in [0.05, 0.1) is 25.4 Å². The SMILES string of the molecule is COc1ccccc1C1NC(CC(=O)O)(C(=O)O)C2C(=O)N(CCc3ccccn3)C(=O)C12. The highest BCUT2D eigenvalue weighted by Gasteiger charge is 2.69. The molecule has 172 valence electrons. The van der Waals surface area contributed by atoms with Crippen molar-refractivity contribution in [3.05, 3.63) is 59.9 Å². The monoisotopic (exact) mass is 453 g/mol. The van der Waals surface area contributed by atoms with E-state index in [0.29, 0.717) is 23.4 Å². The Morgan fingerprint density at radius 3 is 2.48 bits per heavy atom. The van der Waals surface area contributed by atoms with Gasteiger partial charge >= 0.3 is 11.9 Å². The Morgan fingerprint density at radius 2 is 1.85 bits per heavy atom. The minimum atomic E-state index is -2.14. The molecule has 1 aromatic carbocycles. The lowest BCUT2D eigenvalue weighted by Crippen LogP contribution is -2.57. The zero-order valence-corrected chi connectivity index (χ0v) is 17.8. The fraction of sp³-hybridized carbons (Fsp3) is 0.348. The lowest BCUT2D eigenvalue weighted by molar-refractivity contribution is -0.156. The zero-order valence-electron chi connectivity index (χ0n) is 17.8. The number of methoxy groups -OCH3 is 1. The van der Waals surface area contributed by atoms with Crippen molar-refractivity contribution in [2.45, 2.75) is 24.4 Å². The van der Waals surface area contributed by atoms with Crippen molar-refractivity contribution < 1.29 is 34.1 Å². The van der Waals surface area contributed by atoms with E-state index in [0.717, 1.165) is 4.90 Å². The predicted octanol–water partition coefficient (Wildman–Crippen LogP) is 0.876. The Kier molecular flexibility index (Phi) is 5.86. The number of carboxylic acids is 2. The molecule has 0 saturated carbocycles. The molecule has 2 aliphatic rings. The Labute approximate surface area is 189 Å². The summed E-state index contributed by atoms with van der Waals surface area (Å²) in [4.78, 5) is 56.2. The van der Waals surface area contributed by atoms with E-state index in [-0.39, 0.29) is 6.54 Å². The van der Waals surface area contributed by atoms with Gasteiger partial charge in [-0.2, -0.15) is 0 Å². The van der Waals surface area contributed by atoms with Crippen molar-refractivity contribution in [2.75, 3.05) is 13.7 Å². The van der Waals surface area contributed by atoms with Gasteiger partial charge in [-0.1, -0.05) is 24.3 Å². The number of amides is 2. The zero-order chi connectivity index (χ0) is 23.8. The second-order valence-corrected chi connectivity index (χ2v) is 8.11. The Balaban J connectivity index is 1.76. The number of likely N-dealkylation sites (tertiary alicyclic amines) is 1. The lowest BCUT2D eigenvalue weighted by Gasteiger charge is -2.30. The number of ether oxygens (including phenoxy) is 1. The van der Waals surface area contributed by atoms with E-state index >= 15 is 0 Å². The Hall–Kier alpha value is -3.79. The maximum Gasteiger partial charge on any atom is 0.325 e. The number of aliphatic carboxylic acids is 2. The van der Waals surface area contributed by atoms with Gasteiger partial charge < -0.3 is 14.9 Å². The number of carbonyl (C=O) groups is 4. The van der Waals surface area contributed by atoms with Crippen LogP contribution in [-0.4, -0.2) is 63.0 Å². The van der Waals surface area contributed by atoms with Crippen LogP contribution >= 0.6 is 0 Å². The van der Waals surface area contributed by atoms with Crippen LogP contribution in [0.25, 0.3) is 0 Å². The molecule has 0 bridgehead atoms. The highest BCUT2D eigenvalue weighted by Crippen LogP contribution is 2.51. The molecule has 4 rings (SSSR count). The Bertz CT molecular complexity index is 1110. The largest absolute Gasteiger partial charge is 0.496 e. The predicted molar refractivity (Wildman–Crippen MR) is 113 cm³/mol.